The van der Waals surface area contributed by atoms with E-state index in [-0.39, 0.29) is 11.1 Å². The van der Waals surface area contributed by atoms with Gasteiger partial charge in [-0.3, -0.25) is 0 Å². The monoisotopic (exact) mass is 313 g/mol. The molecule has 1 aromatic heterocycles. The molecule has 0 fully saturated rings. The van der Waals surface area contributed by atoms with Crippen molar-refractivity contribution in [2.24, 2.45) is 0 Å². The van der Waals surface area contributed by atoms with Crippen molar-refractivity contribution in [3.63, 3.8) is 0 Å². The third kappa shape index (κ3) is 1.60. The van der Waals surface area contributed by atoms with Gasteiger partial charge in [-0.25, -0.2) is 0 Å². The maximum atomic E-state index is 10.9. The summed E-state index contributed by atoms with van der Waals surface area (Å²) in [4.78, 5) is 21.7. The molecule has 0 aliphatic heterocycles. The summed E-state index contributed by atoms with van der Waals surface area (Å²) in [6.07, 6.45) is 0. The fraction of sp³-hybridized carbons (Fsp3) is 0. The van der Waals surface area contributed by atoms with E-state index in [1.807, 2.05) is 0 Å². The molecule has 16 heavy (non-hydrogen) atoms. The Bertz CT molecular complexity index is 607. The second-order valence-electron chi connectivity index (χ2n) is 2.91. The van der Waals surface area contributed by atoms with Gasteiger partial charge in [-0.15, -0.1) is 0 Å². The van der Waals surface area contributed by atoms with Crippen LogP contribution in [0.25, 0.3) is 11.0 Å². The Morgan fingerprint density at radius 2 is 1.75 bits per heavy atom. The Balaban J connectivity index is 2.83. The zero-order chi connectivity index (χ0) is 11.9. The zero-order valence-electron chi connectivity index (χ0n) is 7.51. The summed E-state index contributed by atoms with van der Waals surface area (Å²) in [5, 5.41) is 25.0. The number of nitrogens with zero attached hydrogens (tertiary/aromatic N) is 3. The van der Waals surface area contributed by atoms with E-state index in [0.717, 1.165) is 0 Å². The van der Waals surface area contributed by atoms with Gasteiger partial charge in [0.2, 0.25) is 0 Å². The molecule has 0 amide bonds. The van der Waals surface area contributed by atoms with E-state index in [2.05, 4.69) is 31.6 Å². The third-order valence-electron chi connectivity index (χ3n) is 1.98. The molecule has 0 saturated carbocycles. The number of carboxylic acids is 2. The van der Waals surface area contributed by atoms with E-state index in [4.69, 9.17) is 10.2 Å². The van der Waals surface area contributed by atoms with E-state index >= 15 is 0 Å². The van der Waals surface area contributed by atoms with E-state index in [1.54, 1.807) is 0 Å². The SMILES string of the molecule is O=C(O)c1cc2nn[n]([Ag])c2cc1C(=O)O. The van der Waals surface area contributed by atoms with Crippen LogP contribution in [-0.2, 0) is 21.3 Å². The van der Waals surface area contributed by atoms with Crippen LogP contribution < -0.4 is 0 Å². The maximum absolute atomic E-state index is 10.9. The van der Waals surface area contributed by atoms with Gasteiger partial charge in [0, 0.05) is 0 Å². The molecule has 0 aliphatic carbocycles. The summed E-state index contributed by atoms with van der Waals surface area (Å²) in [7, 11) is 0. The second kappa shape index (κ2) is 3.71. The molecular formula is C8H4AgN3O4. The predicted molar refractivity (Wildman–Crippen MR) is 46.8 cm³/mol. The number of aromatic carboxylic acids is 2. The Labute approximate surface area is 101 Å². The summed E-state index contributed by atoms with van der Waals surface area (Å²) < 4.78 is 1.19. The van der Waals surface area contributed by atoms with Gasteiger partial charge in [0.1, 0.15) is 0 Å². The topological polar surface area (TPSA) is 105 Å². The first-order valence-corrected chi connectivity index (χ1v) is 4.66. The average molecular weight is 314 g/mol. The first-order chi connectivity index (χ1) is 7.50. The normalized spacial score (nSPS) is 10.6. The van der Waals surface area contributed by atoms with Crippen LogP contribution in [0.15, 0.2) is 12.1 Å². The Kier molecular flexibility index (Phi) is 2.50. The quantitative estimate of drug-likeness (QED) is 0.764. The van der Waals surface area contributed by atoms with Gasteiger partial charge in [-0.05, 0) is 0 Å². The minimum atomic E-state index is -1.32. The van der Waals surface area contributed by atoms with Crippen molar-refractivity contribution in [1.82, 2.24) is 13.4 Å². The molecule has 0 saturated heterocycles. The molecule has 0 spiro atoms. The van der Waals surface area contributed by atoms with Crippen LogP contribution in [0.4, 0.5) is 0 Å². The molecule has 0 unspecified atom stereocenters. The number of aromatic nitrogens is 3. The van der Waals surface area contributed by atoms with Crippen LogP contribution in [-0.4, -0.2) is 35.5 Å². The Morgan fingerprint density at radius 3 is 2.31 bits per heavy atom. The van der Waals surface area contributed by atoms with Crippen molar-refractivity contribution in [2.75, 3.05) is 0 Å². The molecule has 8 heteroatoms. The van der Waals surface area contributed by atoms with Gasteiger partial charge in [-0.1, -0.05) is 0 Å². The molecule has 0 radical (unpaired) electrons. The van der Waals surface area contributed by atoms with Crippen LogP contribution in [0.2, 0.25) is 0 Å². The standard InChI is InChI=1S/C8H5N3O4.Ag/c12-7(13)3-1-5-6(10-11-9-5)2-4(3)8(14)15;/h1-2H,(H3,9,10,11,12,13,14,15);/q;+1/p-1. The van der Waals surface area contributed by atoms with E-state index in [0.29, 0.717) is 11.0 Å². The molecule has 86 valence electrons. The van der Waals surface area contributed by atoms with Crippen LogP contribution in [0.1, 0.15) is 20.7 Å². The third-order valence-corrected chi connectivity index (χ3v) is 2.47. The molecule has 7 nitrogen and oxygen atoms in total. The summed E-state index contributed by atoms with van der Waals surface area (Å²) >= 11 is 3.03. The van der Waals surface area contributed by atoms with Gasteiger partial charge in [0.25, 0.3) is 0 Å². The number of carboxylic acid groups (broad SMARTS) is 2. The summed E-state index contributed by atoms with van der Waals surface area (Å²) in [6, 6.07) is 2.38. The molecule has 0 atom stereocenters. The summed E-state index contributed by atoms with van der Waals surface area (Å²) in [5.41, 5.74) is 0.0788. The predicted octanol–water partition coefficient (Wildman–Crippen LogP) is 0.138. The van der Waals surface area contributed by atoms with Crippen molar-refractivity contribution in [2.45, 2.75) is 0 Å². The Morgan fingerprint density at radius 1 is 1.19 bits per heavy atom. The molecule has 2 N–H and O–H groups in total. The number of benzene rings is 1. The Hall–Kier alpha value is -1.70. The van der Waals surface area contributed by atoms with Crippen LogP contribution in [0.5, 0.6) is 0 Å². The van der Waals surface area contributed by atoms with E-state index in [1.165, 1.54) is 15.2 Å². The van der Waals surface area contributed by atoms with Gasteiger partial charge in [0.15, 0.2) is 0 Å². The average Bonchev–Trinajstić information content (AvgIpc) is 2.58. The van der Waals surface area contributed by atoms with Gasteiger partial charge in [0.05, 0.1) is 0 Å². The van der Waals surface area contributed by atoms with Crippen LogP contribution in [0, 0.1) is 0 Å². The fourth-order valence-corrected chi connectivity index (χ4v) is 1.61. The van der Waals surface area contributed by atoms with Crippen molar-refractivity contribution in [3.05, 3.63) is 23.3 Å². The van der Waals surface area contributed by atoms with E-state index in [9.17, 15) is 9.59 Å². The van der Waals surface area contributed by atoms with Crippen molar-refractivity contribution in [3.8, 4) is 0 Å². The number of hydrogen-bond acceptors (Lipinski definition) is 4. The van der Waals surface area contributed by atoms with Gasteiger partial charge < -0.3 is 0 Å². The molecule has 0 bridgehead atoms. The summed E-state index contributed by atoms with van der Waals surface area (Å²) in [5.74, 6) is -2.63. The first kappa shape index (κ1) is 10.8. The second-order valence-corrected chi connectivity index (χ2v) is 3.54. The molecule has 2 aromatic rings. The molecule has 0 aliphatic rings. The van der Waals surface area contributed by atoms with Crippen molar-refractivity contribution >= 4 is 23.0 Å². The van der Waals surface area contributed by atoms with E-state index < -0.39 is 11.9 Å². The minimum absolute atomic E-state index is 0.303. The number of rotatable bonds is 2. The number of hydrogen-bond donors (Lipinski definition) is 2. The molecular weight excluding hydrogens is 310 g/mol. The van der Waals surface area contributed by atoms with Crippen molar-refractivity contribution < 1.29 is 41.1 Å². The number of fused-ring (bicyclic) bond motifs is 1. The number of carbonyl (C=O) groups is 2. The molecule has 1 heterocycles. The fourth-order valence-electron chi connectivity index (χ4n) is 1.28. The zero-order valence-corrected chi connectivity index (χ0v) is 8.99. The summed E-state index contributed by atoms with van der Waals surface area (Å²) in [6.45, 7) is 0. The van der Waals surface area contributed by atoms with Crippen LogP contribution >= 0.6 is 0 Å². The van der Waals surface area contributed by atoms with Gasteiger partial charge in [-0.2, -0.15) is 0 Å². The van der Waals surface area contributed by atoms with Crippen molar-refractivity contribution in [1.29, 1.82) is 0 Å². The molecule has 1 aromatic carbocycles. The van der Waals surface area contributed by atoms with Gasteiger partial charge >= 0.3 is 101 Å². The van der Waals surface area contributed by atoms with Crippen LogP contribution in [0.3, 0.4) is 0 Å². The first-order valence-electron chi connectivity index (χ1n) is 3.99. The molecule has 2 rings (SSSR count).